The Hall–Kier alpha value is -6.17. The van der Waals surface area contributed by atoms with Gasteiger partial charge in [0.1, 0.15) is 5.65 Å². The summed E-state index contributed by atoms with van der Waals surface area (Å²) in [5.74, 6) is -0.993. The molecule has 60 heavy (non-hydrogen) atoms. The summed E-state index contributed by atoms with van der Waals surface area (Å²) in [4.78, 5) is 70.1. The van der Waals surface area contributed by atoms with Gasteiger partial charge < -0.3 is 25.2 Å². The van der Waals surface area contributed by atoms with Crippen LogP contribution in [0, 0.1) is 11.7 Å². The second-order valence-corrected chi connectivity index (χ2v) is 16.3. The van der Waals surface area contributed by atoms with Gasteiger partial charge >= 0.3 is 0 Å². The van der Waals surface area contributed by atoms with E-state index in [4.69, 9.17) is 9.84 Å². The highest BCUT2D eigenvalue weighted by Gasteiger charge is 2.34. The van der Waals surface area contributed by atoms with E-state index < -0.39 is 17.3 Å². The van der Waals surface area contributed by atoms with E-state index in [1.807, 2.05) is 37.7 Å². The highest BCUT2D eigenvalue weighted by atomic mass is 19.1. The topological polar surface area (TPSA) is 185 Å². The summed E-state index contributed by atoms with van der Waals surface area (Å²) in [5, 5.41) is 14.3. The summed E-state index contributed by atoms with van der Waals surface area (Å²) in [5.41, 5.74) is 3.31. The molecule has 8 rings (SSSR count). The third kappa shape index (κ3) is 8.07. The van der Waals surface area contributed by atoms with Crippen LogP contribution in [-0.2, 0) is 21.4 Å². The van der Waals surface area contributed by atoms with Crippen molar-refractivity contribution >= 4 is 62.8 Å². The van der Waals surface area contributed by atoms with Gasteiger partial charge in [0, 0.05) is 82.6 Å². The Balaban J connectivity index is 0.892. The standard InChI is InChI=1S/C42H51FN12O5/c1-24(2)55-39-27(18-33(41(55)59)60-23-35(57)44-4)17-28(19-45-39)47-38-31(43)20-46-42(49-38)52-13-11-26(12-14-52)22-53-15-16-54(21-25(53)3)32-8-6-7-29-36(50-51(5)37(29)32)30-9-10-34(56)48-40(30)58/h6-8,17-20,24-26,30H,9-16,21-23H2,1-5H3,(H,44,57)(H,46,47,49)(H,48,56,58). The molecule has 4 aromatic heterocycles. The molecule has 2 atom stereocenters. The van der Waals surface area contributed by atoms with Gasteiger partial charge in [-0.05, 0) is 64.2 Å². The average molecular weight is 823 g/mol. The molecule has 0 aliphatic carbocycles. The van der Waals surface area contributed by atoms with Gasteiger partial charge in [0.05, 0.1) is 40.9 Å². The van der Waals surface area contributed by atoms with E-state index in [0.29, 0.717) is 47.5 Å². The fourth-order valence-corrected chi connectivity index (χ4v) is 8.74. The lowest BCUT2D eigenvalue weighted by molar-refractivity contribution is -0.134. The Morgan fingerprint density at radius 3 is 2.57 bits per heavy atom. The molecule has 2 unspecified atom stereocenters. The number of pyridine rings is 2. The molecule has 3 saturated heterocycles. The van der Waals surface area contributed by atoms with Crippen molar-refractivity contribution in [3.63, 3.8) is 0 Å². The third-order valence-corrected chi connectivity index (χ3v) is 11.9. The van der Waals surface area contributed by atoms with Crippen LogP contribution < -0.4 is 36.0 Å². The van der Waals surface area contributed by atoms with Crippen molar-refractivity contribution in [2.45, 2.75) is 64.5 Å². The van der Waals surface area contributed by atoms with Gasteiger partial charge in [-0.3, -0.25) is 38.6 Å². The first kappa shape index (κ1) is 40.6. The van der Waals surface area contributed by atoms with Crippen LogP contribution in [-0.4, -0.2) is 111 Å². The Kier molecular flexibility index (Phi) is 11.4. The van der Waals surface area contributed by atoms with Crippen LogP contribution in [0.2, 0.25) is 0 Å². The number of nitrogens with one attached hydrogen (secondary N) is 3. The van der Waals surface area contributed by atoms with Crippen molar-refractivity contribution in [1.82, 2.24) is 44.8 Å². The first-order valence-electron chi connectivity index (χ1n) is 20.6. The average Bonchev–Trinajstić information content (AvgIpc) is 3.57. The first-order chi connectivity index (χ1) is 28.9. The van der Waals surface area contributed by atoms with E-state index in [-0.39, 0.29) is 41.9 Å². The van der Waals surface area contributed by atoms with Gasteiger partial charge in [0.15, 0.2) is 24.0 Å². The fourth-order valence-electron chi connectivity index (χ4n) is 8.74. The largest absolute Gasteiger partial charge is 0.478 e. The summed E-state index contributed by atoms with van der Waals surface area (Å²) >= 11 is 0. The predicted molar refractivity (Wildman–Crippen MR) is 225 cm³/mol. The van der Waals surface area contributed by atoms with E-state index in [1.54, 1.807) is 6.07 Å². The van der Waals surface area contributed by atoms with Crippen molar-refractivity contribution < 1.29 is 23.5 Å². The summed E-state index contributed by atoms with van der Waals surface area (Å²) < 4.78 is 24.1. The minimum absolute atomic E-state index is 0.0106. The Morgan fingerprint density at radius 1 is 1.03 bits per heavy atom. The highest BCUT2D eigenvalue weighted by Crippen LogP contribution is 2.36. The van der Waals surface area contributed by atoms with Crippen molar-refractivity contribution in [2.24, 2.45) is 13.0 Å². The second kappa shape index (κ2) is 16.8. The van der Waals surface area contributed by atoms with E-state index >= 15 is 4.39 Å². The zero-order valence-corrected chi connectivity index (χ0v) is 34.6. The molecule has 3 aliphatic rings. The van der Waals surface area contributed by atoms with Crippen LogP contribution in [0.5, 0.6) is 5.75 Å². The maximum Gasteiger partial charge on any atom is 0.294 e. The fraction of sp³-hybridized carbons (Fsp3) is 0.476. The lowest BCUT2D eigenvalue weighted by Crippen LogP contribution is -2.54. The van der Waals surface area contributed by atoms with Crippen molar-refractivity contribution in [3.8, 4) is 5.75 Å². The van der Waals surface area contributed by atoms with Gasteiger partial charge in [0.25, 0.3) is 11.5 Å². The number of carbonyl (C=O) groups is 3. The lowest BCUT2D eigenvalue weighted by atomic mass is 9.92. The summed E-state index contributed by atoms with van der Waals surface area (Å²) in [6, 6.07) is 9.52. The van der Waals surface area contributed by atoms with Crippen LogP contribution in [0.4, 0.5) is 27.5 Å². The zero-order chi connectivity index (χ0) is 42.2. The number of anilines is 4. The molecule has 3 amide bonds. The minimum Gasteiger partial charge on any atom is -0.478 e. The number of aryl methyl sites for hydroxylation is 1. The van der Waals surface area contributed by atoms with Gasteiger partial charge in [-0.15, -0.1) is 0 Å². The number of hydrogen-bond acceptors (Lipinski definition) is 13. The number of piperazine rings is 1. The number of rotatable bonds is 11. The molecule has 18 heteroatoms. The van der Waals surface area contributed by atoms with Crippen molar-refractivity contribution in [1.29, 1.82) is 0 Å². The monoisotopic (exact) mass is 822 g/mol. The smallest absolute Gasteiger partial charge is 0.294 e. The number of likely N-dealkylation sites (N-methyl/N-ethyl adjacent to an activating group) is 1. The van der Waals surface area contributed by atoms with Gasteiger partial charge in [-0.2, -0.15) is 10.1 Å². The molecule has 1 aromatic carbocycles. The van der Waals surface area contributed by atoms with Crippen LogP contribution in [0.25, 0.3) is 21.9 Å². The number of benzene rings is 1. The Labute approximate surface area is 346 Å². The number of piperidine rings is 2. The summed E-state index contributed by atoms with van der Waals surface area (Å²) in [6.07, 6.45) is 5.37. The molecule has 7 heterocycles. The normalized spacial score (nSPS) is 19.3. The molecule has 0 saturated carbocycles. The predicted octanol–water partition coefficient (Wildman–Crippen LogP) is 3.61. The molecule has 0 bridgehead atoms. The molecule has 3 aliphatic heterocycles. The first-order valence-corrected chi connectivity index (χ1v) is 20.6. The van der Waals surface area contributed by atoms with Gasteiger partial charge in [0.2, 0.25) is 17.8 Å². The number of carbonyl (C=O) groups excluding carboxylic acids is 3. The lowest BCUT2D eigenvalue weighted by Gasteiger charge is -2.43. The van der Waals surface area contributed by atoms with Gasteiger partial charge in [-0.25, -0.2) is 14.4 Å². The number of para-hydroxylation sites is 1. The molecule has 17 nitrogen and oxygen atoms in total. The minimum atomic E-state index is -0.613. The number of amides is 3. The molecule has 3 N–H and O–H groups in total. The second-order valence-electron chi connectivity index (χ2n) is 16.3. The number of nitrogens with zero attached hydrogens (tertiary/aromatic N) is 9. The van der Waals surface area contributed by atoms with Crippen molar-refractivity contribution in [3.05, 3.63) is 64.6 Å². The molecule has 0 radical (unpaired) electrons. The van der Waals surface area contributed by atoms with E-state index in [0.717, 1.165) is 74.4 Å². The molecule has 3 fully saturated rings. The molecular weight excluding hydrogens is 772 g/mol. The van der Waals surface area contributed by atoms with Crippen LogP contribution in [0.3, 0.4) is 0 Å². The number of halogens is 1. The number of aromatic nitrogens is 6. The van der Waals surface area contributed by atoms with Crippen molar-refractivity contribution in [2.75, 3.05) is 68.0 Å². The quantitative estimate of drug-likeness (QED) is 0.164. The van der Waals surface area contributed by atoms with Gasteiger partial charge in [-0.1, -0.05) is 12.1 Å². The van der Waals surface area contributed by atoms with Crippen LogP contribution in [0.15, 0.2) is 47.5 Å². The maximum absolute atomic E-state index is 15.2. The summed E-state index contributed by atoms with van der Waals surface area (Å²) in [6.45, 7) is 10.8. The highest BCUT2D eigenvalue weighted by molar-refractivity contribution is 6.03. The number of imide groups is 1. The molecule has 0 spiro atoms. The number of ether oxygens (including phenoxy) is 1. The van der Waals surface area contributed by atoms with E-state index in [1.165, 1.54) is 30.1 Å². The molecular formula is C42H51FN12O5. The zero-order valence-electron chi connectivity index (χ0n) is 34.6. The third-order valence-electron chi connectivity index (χ3n) is 11.9. The number of fused-ring (bicyclic) bond motifs is 2. The SMILES string of the molecule is CNC(=O)COc1cc2cc(Nc3nc(N4CCC(CN5CCN(c6cccc7c(C8CCC(=O)NC8=O)nn(C)c67)CC5C)CC4)ncc3F)cnc2n(C(C)C)c1=O. The Bertz CT molecular complexity index is 2510. The molecule has 316 valence electrons. The number of hydrogen-bond donors (Lipinski definition) is 3. The van der Waals surface area contributed by atoms with Crippen LogP contribution in [0.1, 0.15) is 64.1 Å². The Morgan fingerprint density at radius 2 is 1.83 bits per heavy atom. The molecule has 5 aromatic rings. The van der Waals surface area contributed by atoms with E-state index in [9.17, 15) is 19.2 Å². The maximum atomic E-state index is 15.2. The van der Waals surface area contributed by atoms with E-state index in [2.05, 4.69) is 58.6 Å². The van der Waals surface area contributed by atoms with Crippen LogP contribution >= 0.6 is 0 Å². The summed E-state index contributed by atoms with van der Waals surface area (Å²) in [7, 11) is 3.41.